The molecule has 1 unspecified atom stereocenters. The Kier molecular flexibility index (Phi) is 4.53. The van der Waals surface area contributed by atoms with Crippen LogP contribution in [0.3, 0.4) is 0 Å². The second-order valence-electron chi connectivity index (χ2n) is 4.78. The molecule has 0 aliphatic carbocycles. The zero-order valence-corrected chi connectivity index (χ0v) is 11.9. The fraction of sp³-hybridized carbons (Fsp3) is 0.333. The molecule has 1 amide bonds. The number of nitrogens with one attached hydrogen (secondary N) is 2. The number of nitrogens with zero attached hydrogens (tertiary/aromatic N) is 1. The van der Waals surface area contributed by atoms with Crippen molar-refractivity contribution in [3.05, 3.63) is 36.4 Å². The maximum absolute atomic E-state index is 11.9. The van der Waals surface area contributed by atoms with Crippen molar-refractivity contribution >= 4 is 11.6 Å². The number of benzene rings is 1. The number of anilines is 1. The molecule has 0 bridgehead atoms. The Morgan fingerprint density at radius 1 is 1.35 bits per heavy atom. The standard InChI is InChI=1S/C15H19N3O2/c1-10(8-16-3)15(19)18-13-6-4-12(5-7-13)14-9-20-11(2)17-14/h4-7,9-10,16H,8H2,1-3H3,(H,18,19). The summed E-state index contributed by atoms with van der Waals surface area (Å²) in [6.45, 7) is 4.35. The number of hydrogen-bond donors (Lipinski definition) is 2. The zero-order chi connectivity index (χ0) is 14.5. The Morgan fingerprint density at radius 3 is 2.60 bits per heavy atom. The van der Waals surface area contributed by atoms with Gasteiger partial charge in [-0.2, -0.15) is 0 Å². The van der Waals surface area contributed by atoms with Crippen LogP contribution in [-0.2, 0) is 4.79 Å². The number of aromatic nitrogens is 1. The summed E-state index contributed by atoms with van der Waals surface area (Å²) in [4.78, 5) is 16.1. The lowest BCUT2D eigenvalue weighted by Gasteiger charge is -2.11. The molecule has 20 heavy (non-hydrogen) atoms. The van der Waals surface area contributed by atoms with Crippen LogP contribution in [0.25, 0.3) is 11.3 Å². The zero-order valence-electron chi connectivity index (χ0n) is 11.9. The topological polar surface area (TPSA) is 67.2 Å². The van der Waals surface area contributed by atoms with E-state index in [4.69, 9.17) is 4.42 Å². The van der Waals surface area contributed by atoms with Gasteiger partial charge in [0.25, 0.3) is 0 Å². The number of aryl methyl sites for hydroxylation is 1. The van der Waals surface area contributed by atoms with Crippen molar-refractivity contribution in [2.24, 2.45) is 5.92 Å². The molecule has 0 radical (unpaired) electrons. The third-order valence-corrected chi connectivity index (χ3v) is 3.03. The van der Waals surface area contributed by atoms with Crippen molar-refractivity contribution in [1.29, 1.82) is 0 Å². The highest BCUT2D eigenvalue weighted by atomic mass is 16.3. The predicted octanol–water partition coefficient (Wildman–Crippen LogP) is 2.44. The molecule has 2 rings (SSSR count). The van der Waals surface area contributed by atoms with Gasteiger partial charge in [0.05, 0.1) is 0 Å². The molecule has 0 aliphatic rings. The first-order valence-electron chi connectivity index (χ1n) is 6.58. The number of carbonyl (C=O) groups excluding carboxylic acids is 1. The number of carbonyl (C=O) groups is 1. The molecule has 2 N–H and O–H groups in total. The van der Waals surface area contributed by atoms with Gasteiger partial charge in [0, 0.05) is 30.6 Å². The number of amides is 1. The van der Waals surface area contributed by atoms with Crippen LogP contribution in [0.4, 0.5) is 5.69 Å². The molecule has 0 saturated heterocycles. The van der Waals surface area contributed by atoms with Crippen molar-refractivity contribution in [2.45, 2.75) is 13.8 Å². The van der Waals surface area contributed by atoms with E-state index in [1.54, 1.807) is 13.2 Å². The van der Waals surface area contributed by atoms with E-state index >= 15 is 0 Å². The van der Waals surface area contributed by atoms with Gasteiger partial charge in [-0.05, 0) is 19.2 Å². The summed E-state index contributed by atoms with van der Waals surface area (Å²) in [6.07, 6.45) is 1.62. The third kappa shape index (κ3) is 3.45. The highest BCUT2D eigenvalue weighted by molar-refractivity contribution is 5.92. The summed E-state index contributed by atoms with van der Waals surface area (Å²) in [7, 11) is 1.83. The van der Waals surface area contributed by atoms with E-state index in [1.165, 1.54) is 0 Å². The molecule has 106 valence electrons. The molecule has 2 aromatic rings. The van der Waals surface area contributed by atoms with E-state index in [2.05, 4.69) is 15.6 Å². The van der Waals surface area contributed by atoms with Crippen LogP contribution in [0.1, 0.15) is 12.8 Å². The largest absolute Gasteiger partial charge is 0.449 e. The van der Waals surface area contributed by atoms with Crippen LogP contribution in [0, 0.1) is 12.8 Å². The van der Waals surface area contributed by atoms with Crippen LogP contribution < -0.4 is 10.6 Å². The Morgan fingerprint density at radius 2 is 2.05 bits per heavy atom. The van der Waals surface area contributed by atoms with Crippen molar-refractivity contribution in [3.63, 3.8) is 0 Å². The molecule has 1 heterocycles. The van der Waals surface area contributed by atoms with Gasteiger partial charge in [-0.1, -0.05) is 19.1 Å². The van der Waals surface area contributed by atoms with Crippen LogP contribution in [0.5, 0.6) is 0 Å². The van der Waals surface area contributed by atoms with E-state index in [-0.39, 0.29) is 11.8 Å². The smallest absolute Gasteiger partial charge is 0.228 e. The SMILES string of the molecule is CNCC(C)C(=O)Nc1ccc(-c2coc(C)n2)cc1. The molecular formula is C15H19N3O2. The van der Waals surface area contributed by atoms with Gasteiger partial charge in [-0.25, -0.2) is 4.98 Å². The Bertz CT molecular complexity index is 575. The fourth-order valence-corrected chi connectivity index (χ4v) is 1.88. The average Bonchev–Trinajstić information content (AvgIpc) is 2.86. The van der Waals surface area contributed by atoms with Crippen molar-refractivity contribution < 1.29 is 9.21 Å². The van der Waals surface area contributed by atoms with E-state index in [0.29, 0.717) is 12.4 Å². The Hall–Kier alpha value is -2.14. The highest BCUT2D eigenvalue weighted by Gasteiger charge is 2.12. The second-order valence-corrected chi connectivity index (χ2v) is 4.78. The Labute approximate surface area is 118 Å². The summed E-state index contributed by atoms with van der Waals surface area (Å²) < 4.78 is 5.18. The van der Waals surface area contributed by atoms with Crippen molar-refractivity contribution in [1.82, 2.24) is 10.3 Å². The van der Waals surface area contributed by atoms with E-state index in [0.717, 1.165) is 16.9 Å². The first kappa shape index (κ1) is 14.3. The first-order valence-corrected chi connectivity index (χ1v) is 6.58. The van der Waals surface area contributed by atoms with Gasteiger partial charge in [-0.3, -0.25) is 4.79 Å². The molecule has 0 aliphatic heterocycles. The van der Waals surface area contributed by atoms with Gasteiger partial charge in [0.1, 0.15) is 12.0 Å². The number of rotatable bonds is 5. The first-order chi connectivity index (χ1) is 9.60. The molecular weight excluding hydrogens is 254 g/mol. The van der Waals surface area contributed by atoms with E-state index < -0.39 is 0 Å². The second kappa shape index (κ2) is 6.34. The molecule has 0 fully saturated rings. The minimum absolute atomic E-state index is 0.00406. The summed E-state index contributed by atoms with van der Waals surface area (Å²) in [6, 6.07) is 7.55. The quantitative estimate of drug-likeness (QED) is 0.878. The summed E-state index contributed by atoms with van der Waals surface area (Å²) in [5.74, 6) is 0.570. The summed E-state index contributed by atoms with van der Waals surface area (Å²) in [5, 5.41) is 5.88. The molecule has 5 heteroatoms. The molecule has 0 spiro atoms. The Balaban J connectivity index is 2.03. The normalized spacial score (nSPS) is 12.2. The molecule has 1 aromatic carbocycles. The minimum atomic E-state index is -0.0714. The van der Waals surface area contributed by atoms with Gasteiger partial charge >= 0.3 is 0 Å². The monoisotopic (exact) mass is 273 g/mol. The van der Waals surface area contributed by atoms with Gasteiger partial charge < -0.3 is 15.1 Å². The van der Waals surface area contributed by atoms with Crippen LogP contribution in [0.2, 0.25) is 0 Å². The van der Waals surface area contributed by atoms with Crippen LogP contribution >= 0.6 is 0 Å². The maximum atomic E-state index is 11.9. The summed E-state index contributed by atoms with van der Waals surface area (Å²) >= 11 is 0. The van der Waals surface area contributed by atoms with E-state index in [9.17, 15) is 4.79 Å². The number of oxazole rings is 1. The van der Waals surface area contributed by atoms with Gasteiger partial charge in [-0.15, -0.1) is 0 Å². The summed E-state index contributed by atoms with van der Waals surface area (Å²) in [5.41, 5.74) is 2.54. The fourth-order valence-electron chi connectivity index (χ4n) is 1.88. The molecule has 1 aromatic heterocycles. The van der Waals surface area contributed by atoms with E-state index in [1.807, 2.05) is 38.2 Å². The average molecular weight is 273 g/mol. The lowest BCUT2D eigenvalue weighted by molar-refractivity contribution is -0.119. The lowest BCUT2D eigenvalue weighted by atomic mass is 10.1. The number of hydrogen-bond acceptors (Lipinski definition) is 4. The highest BCUT2D eigenvalue weighted by Crippen LogP contribution is 2.20. The molecule has 1 atom stereocenters. The molecule has 0 saturated carbocycles. The van der Waals surface area contributed by atoms with Crippen molar-refractivity contribution in [3.8, 4) is 11.3 Å². The third-order valence-electron chi connectivity index (χ3n) is 3.03. The molecule has 5 nitrogen and oxygen atoms in total. The van der Waals surface area contributed by atoms with Crippen LogP contribution in [0.15, 0.2) is 34.9 Å². The maximum Gasteiger partial charge on any atom is 0.228 e. The van der Waals surface area contributed by atoms with Gasteiger partial charge in [0.15, 0.2) is 5.89 Å². The minimum Gasteiger partial charge on any atom is -0.449 e. The lowest BCUT2D eigenvalue weighted by Crippen LogP contribution is -2.28. The van der Waals surface area contributed by atoms with Crippen LogP contribution in [-0.4, -0.2) is 24.5 Å². The predicted molar refractivity (Wildman–Crippen MR) is 78.4 cm³/mol. The van der Waals surface area contributed by atoms with Gasteiger partial charge in [0.2, 0.25) is 5.91 Å². The van der Waals surface area contributed by atoms with Crippen molar-refractivity contribution in [2.75, 3.05) is 18.9 Å².